The van der Waals surface area contributed by atoms with Gasteiger partial charge in [0.05, 0.1) is 10.6 Å². The van der Waals surface area contributed by atoms with Crippen molar-refractivity contribution in [2.24, 2.45) is 0 Å². The second-order valence-corrected chi connectivity index (χ2v) is 6.67. The average Bonchev–Trinajstić information content (AvgIpc) is 2.46. The summed E-state index contributed by atoms with van der Waals surface area (Å²) in [4.78, 5) is 3.39. The molecule has 0 bridgehead atoms. The number of aromatic nitrogens is 1. The zero-order chi connectivity index (χ0) is 17.3. The molecule has 124 valence electrons. The smallest absolute Gasteiger partial charge is 0.263 e. The number of hydrogen-bond acceptors (Lipinski definition) is 3. The molecule has 1 heterocycles. The van der Waals surface area contributed by atoms with E-state index < -0.39 is 26.7 Å². The van der Waals surface area contributed by atoms with Crippen LogP contribution in [-0.4, -0.2) is 13.4 Å². The lowest BCUT2D eigenvalue weighted by Gasteiger charge is -2.12. The lowest BCUT2D eigenvalue weighted by atomic mass is 10.2. The van der Waals surface area contributed by atoms with Gasteiger partial charge in [0.2, 0.25) is 0 Å². The monoisotopic (exact) mass is 364 g/mol. The first-order chi connectivity index (χ1) is 10.6. The molecule has 0 amide bonds. The third kappa shape index (κ3) is 4.14. The highest BCUT2D eigenvalue weighted by Crippen LogP contribution is 2.33. The normalized spacial score (nSPS) is 12.2. The molecule has 0 atom stereocenters. The standard InChI is InChI=1S/C14H12ClF3N2O2S/c1-2-10-4-3-5-13(19-10)20-23(21,22)12-8-9(14(16,17)18)6-7-11(12)15/h3-8H,2H2,1H3,(H,19,20). The molecular weight excluding hydrogens is 353 g/mol. The molecule has 0 radical (unpaired) electrons. The van der Waals surface area contributed by atoms with Crippen LogP contribution >= 0.6 is 11.6 Å². The van der Waals surface area contributed by atoms with Gasteiger partial charge in [-0.15, -0.1) is 0 Å². The van der Waals surface area contributed by atoms with E-state index in [-0.39, 0.29) is 10.8 Å². The van der Waals surface area contributed by atoms with Crippen LogP contribution in [0.3, 0.4) is 0 Å². The molecule has 0 aliphatic rings. The number of nitrogens with one attached hydrogen (secondary N) is 1. The molecule has 0 saturated carbocycles. The minimum atomic E-state index is -4.67. The lowest BCUT2D eigenvalue weighted by Crippen LogP contribution is -2.16. The fraction of sp³-hybridized carbons (Fsp3) is 0.214. The van der Waals surface area contributed by atoms with E-state index in [1.165, 1.54) is 6.07 Å². The number of alkyl halides is 3. The van der Waals surface area contributed by atoms with Gasteiger partial charge in [-0.1, -0.05) is 24.6 Å². The van der Waals surface area contributed by atoms with Crippen LogP contribution in [-0.2, 0) is 22.6 Å². The van der Waals surface area contributed by atoms with Gasteiger partial charge in [0.15, 0.2) is 0 Å². The maximum absolute atomic E-state index is 12.7. The highest BCUT2D eigenvalue weighted by molar-refractivity contribution is 7.92. The van der Waals surface area contributed by atoms with Crippen LogP contribution in [0.15, 0.2) is 41.3 Å². The molecule has 1 aromatic carbocycles. The Kier molecular flexibility index (Phi) is 4.86. The summed E-state index contributed by atoms with van der Waals surface area (Å²) in [6.07, 6.45) is -4.09. The van der Waals surface area contributed by atoms with Crippen molar-refractivity contribution < 1.29 is 21.6 Å². The van der Waals surface area contributed by atoms with E-state index in [1.54, 1.807) is 12.1 Å². The first-order valence-electron chi connectivity index (χ1n) is 6.49. The van der Waals surface area contributed by atoms with Gasteiger partial charge in [0.1, 0.15) is 10.7 Å². The number of hydrogen-bond donors (Lipinski definition) is 1. The molecule has 0 saturated heterocycles. The summed E-state index contributed by atoms with van der Waals surface area (Å²) in [5, 5.41) is -0.308. The van der Waals surface area contributed by atoms with Crippen LogP contribution < -0.4 is 4.72 Å². The van der Waals surface area contributed by atoms with Gasteiger partial charge in [0.25, 0.3) is 10.0 Å². The maximum Gasteiger partial charge on any atom is 0.416 e. The summed E-state index contributed by atoms with van der Waals surface area (Å²) < 4.78 is 65.0. The summed E-state index contributed by atoms with van der Waals surface area (Å²) in [5.41, 5.74) is -0.460. The second kappa shape index (κ2) is 6.37. The number of benzene rings is 1. The molecule has 2 aromatic rings. The van der Waals surface area contributed by atoms with E-state index in [2.05, 4.69) is 9.71 Å². The number of pyridine rings is 1. The molecule has 0 spiro atoms. The Hall–Kier alpha value is -1.80. The number of halogens is 4. The largest absolute Gasteiger partial charge is 0.416 e. The number of aryl methyl sites for hydroxylation is 1. The van der Waals surface area contributed by atoms with E-state index in [4.69, 9.17) is 11.6 Å². The van der Waals surface area contributed by atoms with E-state index in [9.17, 15) is 21.6 Å². The van der Waals surface area contributed by atoms with Crippen LogP contribution in [0.25, 0.3) is 0 Å². The highest BCUT2D eigenvalue weighted by atomic mass is 35.5. The Morgan fingerprint density at radius 2 is 1.91 bits per heavy atom. The fourth-order valence-electron chi connectivity index (χ4n) is 1.81. The number of rotatable bonds is 4. The van der Waals surface area contributed by atoms with E-state index in [1.807, 2.05) is 6.92 Å². The van der Waals surface area contributed by atoms with Gasteiger partial charge in [-0.3, -0.25) is 4.72 Å². The van der Waals surface area contributed by atoms with E-state index in [0.717, 1.165) is 12.1 Å². The molecule has 23 heavy (non-hydrogen) atoms. The van der Waals surface area contributed by atoms with Crippen molar-refractivity contribution in [3.63, 3.8) is 0 Å². The Morgan fingerprint density at radius 3 is 2.52 bits per heavy atom. The molecule has 0 unspecified atom stereocenters. The molecule has 1 aromatic heterocycles. The number of sulfonamides is 1. The quantitative estimate of drug-likeness (QED) is 0.887. The van der Waals surface area contributed by atoms with Crippen molar-refractivity contribution >= 4 is 27.4 Å². The Balaban J connectivity index is 2.43. The van der Waals surface area contributed by atoms with Gasteiger partial charge in [-0.05, 0) is 36.8 Å². The predicted octanol–water partition coefficient (Wildman–Crippen LogP) is 4.12. The minimum Gasteiger partial charge on any atom is -0.263 e. The molecule has 9 heteroatoms. The van der Waals surface area contributed by atoms with Crippen LogP contribution in [0, 0.1) is 0 Å². The summed E-state index contributed by atoms with van der Waals surface area (Å²) in [5.74, 6) is 0.0119. The van der Waals surface area contributed by atoms with Crippen LogP contribution in [0.5, 0.6) is 0 Å². The molecule has 0 aliphatic carbocycles. The van der Waals surface area contributed by atoms with Crippen LogP contribution in [0.1, 0.15) is 18.2 Å². The Labute approximate surface area is 136 Å². The molecule has 0 fully saturated rings. The van der Waals surface area contributed by atoms with Crippen LogP contribution in [0.2, 0.25) is 5.02 Å². The topological polar surface area (TPSA) is 59.1 Å². The van der Waals surface area contributed by atoms with Crippen molar-refractivity contribution in [1.82, 2.24) is 4.98 Å². The number of nitrogens with zero attached hydrogens (tertiary/aromatic N) is 1. The lowest BCUT2D eigenvalue weighted by molar-refractivity contribution is -0.137. The summed E-state index contributed by atoms with van der Waals surface area (Å²) >= 11 is 5.75. The Bertz CT molecular complexity index is 823. The highest BCUT2D eigenvalue weighted by Gasteiger charge is 2.32. The SMILES string of the molecule is CCc1cccc(NS(=O)(=O)c2cc(C(F)(F)F)ccc2Cl)n1. The minimum absolute atomic E-state index is 0.0119. The van der Waals surface area contributed by atoms with Gasteiger partial charge in [-0.2, -0.15) is 13.2 Å². The third-order valence-electron chi connectivity index (χ3n) is 2.96. The van der Waals surface area contributed by atoms with Gasteiger partial charge >= 0.3 is 6.18 Å². The van der Waals surface area contributed by atoms with Crippen molar-refractivity contribution in [2.45, 2.75) is 24.4 Å². The molecule has 2 rings (SSSR count). The van der Waals surface area contributed by atoms with E-state index >= 15 is 0 Å². The number of anilines is 1. The third-order valence-corrected chi connectivity index (χ3v) is 4.79. The van der Waals surface area contributed by atoms with E-state index in [0.29, 0.717) is 18.2 Å². The first kappa shape index (κ1) is 17.6. The maximum atomic E-state index is 12.7. The summed E-state index contributed by atoms with van der Waals surface area (Å²) in [6.45, 7) is 1.84. The van der Waals surface area contributed by atoms with Gasteiger partial charge in [-0.25, -0.2) is 13.4 Å². The van der Waals surface area contributed by atoms with Crippen LogP contribution in [0.4, 0.5) is 19.0 Å². The van der Waals surface area contributed by atoms with Gasteiger partial charge < -0.3 is 0 Å². The van der Waals surface area contributed by atoms with Gasteiger partial charge in [0, 0.05) is 5.69 Å². The van der Waals surface area contributed by atoms with Crippen molar-refractivity contribution in [1.29, 1.82) is 0 Å². The Morgan fingerprint density at radius 1 is 1.22 bits per heavy atom. The zero-order valence-electron chi connectivity index (χ0n) is 11.9. The summed E-state index contributed by atoms with van der Waals surface area (Å²) in [7, 11) is -4.30. The fourth-order valence-corrected chi connectivity index (χ4v) is 3.34. The molecule has 1 N–H and O–H groups in total. The molecule has 0 aliphatic heterocycles. The summed E-state index contributed by atoms with van der Waals surface area (Å²) in [6, 6.07) is 6.81. The van der Waals surface area contributed by atoms with Crippen molar-refractivity contribution in [2.75, 3.05) is 4.72 Å². The molecular formula is C14H12ClF3N2O2S. The first-order valence-corrected chi connectivity index (χ1v) is 8.35. The molecule has 4 nitrogen and oxygen atoms in total. The van der Waals surface area contributed by atoms with Crippen molar-refractivity contribution in [3.05, 3.63) is 52.7 Å². The second-order valence-electron chi connectivity index (χ2n) is 4.62. The zero-order valence-corrected chi connectivity index (χ0v) is 13.4. The average molecular weight is 365 g/mol. The predicted molar refractivity (Wildman–Crippen MR) is 80.9 cm³/mol. The van der Waals surface area contributed by atoms with Crippen molar-refractivity contribution in [3.8, 4) is 0 Å².